The first kappa shape index (κ1) is 20.6. The minimum absolute atomic E-state index is 0.0893. The highest BCUT2D eigenvalue weighted by Gasteiger charge is 2.09. The normalized spacial score (nSPS) is 10.5. The number of benzene rings is 2. The van der Waals surface area contributed by atoms with Crippen molar-refractivity contribution < 1.29 is 9.53 Å². The molecule has 2 N–H and O–H groups in total. The smallest absolute Gasteiger partial charge is 0.264 e. The van der Waals surface area contributed by atoms with E-state index in [-0.39, 0.29) is 17.6 Å². The zero-order chi connectivity index (χ0) is 19.3. The molecule has 0 saturated heterocycles. The summed E-state index contributed by atoms with van der Waals surface area (Å²) >= 11 is 7.45. The van der Waals surface area contributed by atoms with Crippen molar-refractivity contribution >= 4 is 51.5 Å². The van der Waals surface area contributed by atoms with Crippen molar-refractivity contribution in [2.45, 2.75) is 33.6 Å². The summed E-state index contributed by atoms with van der Waals surface area (Å²) in [4.78, 5) is 12.1. The van der Waals surface area contributed by atoms with Crippen LogP contribution in [0, 0.1) is 17.4 Å². The second kappa shape index (κ2) is 9.32. The van der Waals surface area contributed by atoms with Crippen LogP contribution in [0.1, 0.15) is 36.5 Å². The number of hydrogen-bond acceptors (Lipinski definition) is 3. The van der Waals surface area contributed by atoms with Crippen LogP contribution in [-0.2, 0) is 4.79 Å². The summed E-state index contributed by atoms with van der Waals surface area (Å²) in [6, 6.07) is 11.8. The predicted molar refractivity (Wildman–Crippen MR) is 119 cm³/mol. The SMILES string of the molecule is Cc1cc(I)ccc1NC(=S)NC(=O)COc1ccc(C(C)C)c(C)c1. The van der Waals surface area contributed by atoms with Crippen LogP contribution in [-0.4, -0.2) is 17.6 Å². The summed E-state index contributed by atoms with van der Waals surface area (Å²) in [5, 5.41) is 5.93. The molecule has 0 bridgehead atoms. The average molecular weight is 482 g/mol. The number of nitrogens with one attached hydrogen (secondary N) is 2. The molecule has 0 radical (unpaired) electrons. The second-order valence-corrected chi connectivity index (χ2v) is 8.08. The minimum Gasteiger partial charge on any atom is -0.484 e. The molecule has 6 heteroatoms. The van der Waals surface area contributed by atoms with Crippen LogP contribution in [0.25, 0.3) is 0 Å². The Hall–Kier alpha value is -1.67. The van der Waals surface area contributed by atoms with Gasteiger partial charge in [-0.15, -0.1) is 0 Å². The Morgan fingerprint density at radius 2 is 1.88 bits per heavy atom. The number of aryl methyl sites for hydroxylation is 2. The lowest BCUT2D eigenvalue weighted by atomic mass is 9.98. The van der Waals surface area contributed by atoms with Crippen molar-refractivity contribution in [1.29, 1.82) is 0 Å². The average Bonchev–Trinajstić information content (AvgIpc) is 2.55. The third-order valence-corrected chi connectivity index (χ3v) is 4.80. The van der Waals surface area contributed by atoms with Crippen molar-refractivity contribution in [1.82, 2.24) is 5.32 Å². The molecule has 0 spiro atoms. The van der Waals surface area contributed by atoms with E-state index in [1.807, 2.05) is 50.2 Å². The van der Waals surface area contributed by atoms with Crippen molar-refractivity contribution in [3.8, 4) is 5.75 Å². The van der Waals surface area contributed by atoms with Gasteiger partial charge in [-0.05, 0) is 102 Å². The lowest BCUT2D eigenvalue weighted by Gasteiger charge is -2.14. The van der Waals surface area contributed by atoms with E-state index in [4.69, 9.17) is 17.0 Å². The number of amides is 1. The van der Waals surface area contributed by atoms with Crippen molar-refractivity contribution in [2.24, 2.45) is 0 Å². The van der Waals surface area contributed by atoms with Crippen molar-refractivity contribution in [2.75, 3.05) is 11.9 Å². The summed E-state index contributed by atoms with van der Waals surface area (Å²) in [7, 11) is 0. The van der Waals surface area contributed by atoms with Gasteiger partial charge in [-0.3, -0.25) is 10.1 Å². The van der Waals surface area contributed by atoms with E-state index in [0.29, 0.717) is 11.7 Å². The van der Waals surface area contributed by atoms with Crippen LogP contribution in [0.4, 0.5) is 5.69 Å². The molecule has 0 aromatic heterocycles. The monoisotopic (exact) mass is 482 g/mol. The molecule has 0 unspecified atom stereocenters. The number of rotatable bonds is 5. The fourth-order valence-electron chi connectivity index (χ4n) is 2.62. The highest BCUT2D eigenvalue weighted by atomic mass is 127. The zero-order valence-electron chi connectivity index (χ0n) is 15.4. The molecule has 0 fully saturated rings. The number of anilines is 1. The van der Waals surface area contributed by atoms with E-state index in [2.05, 4.69) is 47.1 Å². The van der Waals surface area contributed by atoms with Gasteiger partial charge in [-0.25, -0.2) is 0 Å². The standard InChI is InChI=1S/C20H23IN2O2S/c1-12(2)17-7-6-16(10-13(17)3)25-11-19(24)23-20(26)22-18-8-5-15(21)9-14(18)4/h5-10,12H,11H2,1-4H3,(H2,22,23,24,26). The van der Waals surface area contributed by atoms with Gasteiger partial charge >= 0.3 is 0 Å². The molecular weight excluding hydrogens is 459 g/mol. The van der Waals surface area contributed by atoms with Gasteiger partial charge in [0, 0.05) is 9.26 Å². The molecule has 2 aromatic carbocycles. The van der Waals surface area contributed by atoms with Gasteiger partial charge in [0.15, 0.2) is 11.7 Å². The highest BCUT2D eigenvalue weighted by Crippen LogP contribution is 2.23. The molecule has 26 heavy (non-hydrogen) atoms. The van der Waals surface area contributed by atoms with Gasteiger partial charge in [0.1, 0.15) is 5.75 Å². The van der Waals surface area contributed by atoms with Crippen LogP contribution in [0.3, 0.4) is 0 Å². The first-order valence-electron chi connectivity index (χ1n) is 8.36. The van der Waals surface area contributed by atoms with E-state index < -0.39 is 0 Å². The van der Waals surface area contributed by atoms with Gasteiger partial charge < -0.3 is 10.1 Å². The van der Waals surface area contributed by atoms with Crippen molar-refractivity contribution in [3.63, 3.8) is 0 Å². The first-order valence-corrected chi connectivity index (χ1v) is 9.85. The molecule has 138 valence electrons. The van der Waals surface area contributed by atoms with Gasteiger partial charge in [0.2, 0.25) is 0 Å². The third-order valence-electron chi connectivity index (χ3n) is 3.92. The summed E-state index contributed by atoms with van der Waals surface area (Å²) in [6.45, 7) is 8.25. The number of halogens is 1. The molecule has 0 aliphatic carbocycles. The Morgan fingerprint density at radius 1 is 1.15 bits per heavy atom. The van der Waals surface area contributed by atoms with E-state index in [9.17, 15) is 4.79 Å². The number of carbonyl (C=O) groups is 1. The molecule has 0 saturated carbocycles. The summed E-state index contributed by atoms with van der Waals surface area (Å²) in [5.74, 6) is 0.839. The lowest BCUT2D eigenvalue weighted by molar-refractivity contribution is -0.121. The molecular formula is C20H23IN2O2S. The maximum Gasteiger partial charge on any atom is 0.264 e. The summed E-state index contributed by atoms with van der Waals surface area (Å²) in [5.41, 5.74) is 4.37. The van der Waals surface area contributed by atoms with Crippen LogP contribution in [0.15, 0.2) is 36.4 Å². The fourth-order valence-corrected chi connectivity index (χ4v) is 3.49. The van der Waals surface area contributed by atoms with Gasteiger partial charge in [0.25, 0.3) is 5.91 Å². The minimum atomic E-state index is -0.295. The number of ether oxygens (including phenoxy) is 1. The summed E-state index contributed by atoms with van der Waals surface area (Å²) in [6.07, 6.45) is 0. The quantitative estimate of drug-likeness (QED) is 0.469. The molecule has 4 nitrogen and oxygen atoms in total. The highest BCUT2D eigenvalue weighted by molar-refractivity contribution is 14.1. The Bertz CT molecular complexity index is 821. The van der Waals surface area contributed by atoms with E-state index in [0.717, 1.165) is 20.4 Å². The number of thiocarbonyl (C=S) groups is 1. The molecule has 0 heterocycles. The van der Waals surface area contributed by atoms with Crippen LogP contribution >= 0.6 is 34.8 Å². The van der Waals surface area contributed by atoms with Gasteiger partial charge in [-0.2, -0.15) is 0 Å². The molecule has 1 amide bonds. The second-order valence-electron chi connectivity index (χ2n) is 6.42. The Kier molecular flexibility index (Phi) is 7.40. The fraction of sp³-hybridized carbons (Fsp3) is 0.300. The molecule has 0 atom stereocenters. The maximum absolute atomic E-state index is 12.1. The topological polar surface area (TPSA) is 50.4 Å². The Morgan fingerprint density at radius 3 is 2.50 bits per heavy atom. The van der Waals surface area contributed by atoms with E-state index in [1.54, 1.807) is 0 Å². The first-order chi connectivity index (χ1) is 12.3. The Balaban J connectivity index is 1.86. The Labute approximate surface area is 173 Å². The van der Waals surface area contributed by atoms with E-state index >= 15 is 0 Å². The number of carbonyl (C=O) groups excluding carboxylic acids is 1. The number of hydrogen-bond donors (Lipinski definition) is 2. The molecule has 0 aliphatic heterocycles. The van der Waals surface area contributed by atoms with Crippen LogP contribution in [0.2, 0.25) is 0 Å². The van der Waals surface area contributed by atoms with Crippen molar-refractivity contribution in [3.05, 3.63) is 56.7 Å². The largest absolute Gasteiger partial charge is 0.484 e. The summed E-state index contributed by atoms with van der Waals surface area (Å²) < 4.78 is 6.72. The van der Waals surface area contributed by atoms with Gasteiger partial charge in [-0.1, -0.05) is 19.9 Å². The van der Waals surface area contributed by atoms with E-state index in [1.165, 1.54) is 5.56 Å². The maximum atomic E-state index is 12.1. The van der Waals surface area contributed by atoms with Gasteiger partial charge in [0.05, 0.1) is 0 Å². The van der Waals surface area contributed by atoms with Crippen LogP contribution < -0.4 is 15.4 Å². The molecule has 0 aliphatic rings. The lowest BCUT2D eigenvalue weighted by Crippen LogP contribution is -2.37. The van der Waals surface area contributed by atoms with Crippen LogP contribution in [0.5, 0.6) is 5.75 Å². The third kappa shape index (κ3) is 5.95. The molecule has 2 rings (SSSR count). The predicted octanol–water partition coefficient (Wildman–Crippen LogP) is 4.92. The zero-order valence-corrected chi connectivity index (χ0v) is 18.3. The molecule has 2 aromatic rings.